The lowest BCUT2D eigenvalue weighted by molar-refractivity contribution is 0.232. The molecule has 2 heteroatoms. The van der Waals surface area contributed by atoms with Gasteiger partial charge in [0.1, 0.15) is 6.61 Å². The molecular weight excluding hydrogens is 179 g/mol. The molecule has 0 saturated carbocycles. The van der Waals surface area contributed by atoms with E-state index >= 15 is 0 Å². The van der Waals surface area contributed by atoms with E-state index in [4.69, 9.17) is 0 Å². The Labute approximate surface area is 44.8 Å². The van der Waals surface area contributed by atoms with E-state index in [1.165, 1.54) is 0 Å². The van der Waals surface area contributed by atoms with Gasteiger partial charge in [0.25, 0.3) is 0 Å². The highest BCUT2D eigenvalue weighted by molar-refractivity contribution is 14.1. The summed E-state index contributed by atoms with van der Waals surface area (Å²) in [7, 11) is 0. The molecule has 1 nitrogen and oxygen atoms in total. The average Bonchev–Trinajstić information content (AvgIpc) is 1.41. The monoisotopic (exact) mass is 183 g/mol. The van der Waals surface area contributed by atoms with Crippen LogP contribution in [0, 0.1) is 0 Å². The molecule has 0 N–H and O–H groups in total. The maximum atomic E-state index is 9.44. The van der Waals surface area contributed by atoms with Crippen LogP contribution in [0.2, 0.25) is 0 Å². The largest absolute Gasteiger partial charge is 0.232 e. The Morgan fingerprint density at radius 3 is 2.40 bits per heavy atom. The lowest BCUT2D eigenvalue weighted by Gasteiger charge is -1.60. The topological polar surface area (TPSA) is 19.9 Å². The van der Waals surface area contributed by atoms with Crippen molar-refractivity contribution in [2.45, 2.75) is 0 Å². The molecule has 0 bridgehead atoms. The molecule has 0 aromatic heterocycles. The smallest absolute Gasteiger partial charge is 0.101 e. The number of halogens is 1. The summed E-state index contributed by atoms with van der Waals surface area (Å²) in [5.74, 6) is 0. The molecular formula is C3H4IO. The van der Waals surface area contributed by atoms with Crippen LogP contribution >= 0.6 is 22.6 Å². The summed E-state index contributed by atoms with van der Waals surface area (Å²) in [4.78, 5) is 0. The van der Waals surface area contributed by atoms with Crippen LogP contribution in [0.25, 0.3) is 0 Å². The molecule has 0 fully saturated rings. The van der Waals surface area contributed by atoms with Gasteiger partial charge in [-0.15, -0.1) is 0 Å². The normalized spacial score (nSPS) is 10.0. The van der Waals surface area contributed by atoms with Crippen LogP contribution in [0.1, 0.15) is 0 Å². The van der Waals surface area contributed by atoms with Gasteiger partial charge in [-0.2, -0.15) is 0 Å². The Morgan fingerprint density at radius 1 is 1.80 bits per heavy atom. The van der Waals surface area contributed by atoms with Crippen molar-refractivity contribution in [3.63, 3.8) is 0 Å². The highest BCUT2D eigenvalue weighted by atomic mass is 127. The van der Waals surface area contributed by atoms with Gasteiger partial charge in [-0.05, 0) is 10.2 Å². The first kappa shape index (κ1) is 5.43. The fourth-order valence-electron chi connectivity index (χ4n) is 0.0364. The molecule has 1 radical (unpaired) electrons. The van der Waals surface area contributed by atoms with Gasteiger partial charge in [0.2, 0.25) is 0 Å². The molecule has 0 aliphatic rings. The summed E-state index contributed by atoms with van der Waals surface area (Å²) in [5.41, 5.74) is 0. The first-order valence-electron chi connectivity index (χ1n) is 1.25. The minimum absolute atomic E-state index is 0.0943. The quantitative estimate of drug-likeness (QED) is 0.547. The molecule has 0 aliphatic carbocycles. The van der Waals surface area contributed by atoms with Gasteiger partial charge in [-0.3, -0.25) is 0 Å². The SMILES string of the molecule is [O]CC=CI. The van der Waals surface area contributed by atoms with E-state index in [1.54, 1.807) is 10.2 Å². The van der Waals surface area contributed by atoms with E-state index < -0.39 is 0 Å². The minimum atomic E-state index is -0.0943. The van der Waals surface area contributed by atoms with Crippen LogP contribution < -0.4 is 0 Å². The number of hydrogen-bond donors (Lipinski definition) is 0. The fraction of sp³-hybridized carbons (Fsp3) is 0.333. The highest BCUT2D eigenvalue weighted by Gasteiger charge is 1.57. The van der Waals surface area contributed by atoms with Crippen molar-refractivity contribution in [3.8, 4) is 0 Å². The third-order valence-electron chi connectivity index (χ3n) is 0.185. The van der Waals surface area contributed by atoms with Crippen molar-refractivity contribution in [2.75, 3.05) is 6.61 Å². The Hall–Kier alpha value is 0.430. The van der Waals surface area contributed by atoms with E-state index in [1.807, 2.05) is 22.6 Å². The summed E-state index contributed by atoms with van der Waals surface area (Å²) >= 11 is 2.01. The van der Waals surface area contributed by atoms with Crippen LogP contribution in [0.4, 0.5) is 0 Å². The summed E-state index contributed by atoms with van der Waals surface area (Å²) in [6, 6.07) is 0. The van der Waals surface area contributed by atoms with Crippen LogP contribution in [-0.4, -0.2) is 6.61 Å². The van der Waals surface area contributed by atoms with E-state index in [0.717, 1.165) is 0 Å². The standard InChI is InChI=1S/C3H4IO/c4-2-1-3-5/h1-2H,3H2. The summed E-state index contributed by atoms with van der Waals surface area (Å²) < 4.78 is 1.71. The van der Waals surface area contributed by atoms with Crippen molar-refractivity contribution in [3.05, 3.63) is 10.2 Å². The molecule has 29 valence electrons. The van der Waals surface area contributed by atoms with Gasteiger partial charge in [0.15, 0.2) is 0 Å². The molecule has 0 saturated heterocycles. The molecule has 0 aliphatic heterocycles. The molecule has 0 aromatic rings. The number of hydrogen-bond acceptors (Lipinski definition) is 0. The van der Waals surface area contributed by atoms with Crippen molar-refractivity contribution >= 4 is 22.6 Å². The average molecular weight is 183 g/mol. The molecule has 5 heavy (non-hydrogen) atoms. The lowest BCUT2D eigenvalue weighted by Crippen LogP contribution is -1.60. The maximum absolute atomic E-state index is 9.44. The zero-order valence-electron chi connectivity index (χ0n) is 2.65. The van der Waals surface area contributed by atoms with Gasteiger partial charge in [-0.25, -0.2) is 5.11 Å². The fourth-order valence-corrected chi connectivity index (χ4v) is 0.244. The Balaban J connectivity index is 2.62. The summed E-state index contributed by atoms with van der Waals surface area (Å²) in [5, 5.41) is 9.44. The van der Waals surface area contributed by atoms with E-state index in [9.17, 15) is 5.11 Å². The molecule has 0 unspecified atom stereocenters. The second kappa shape index (κ2) is 4.43. The predicted molar refractivity (Wildman–Crippen MR) is 28.7 cm³/mol. The minimum Gasteiger partial charge on any atom is -0.232 e. The van der Waals surface area contributed by atoms with Gasteiger partial charge in [-0.1, -0.05) is 22.6 Å². The Bertz CT molecular complexity index is 33.9. The van der Waals surface area contributed by atoms with Crippen molar-refractivity contribution < 1.29 is 5.11 Å². The van der Waals surface area contributed by atoms with Gasteiger partial charge < -0.3 is 0 Å². The van der Waals surface area contributed by atoms with E-state index in [-0.39, 0.29) is 6.61 Å². The van der Waals surface area contributed by atoms with E-state index in [0.29, 0.717) is 0 Å². The predicted octanol–water partition coefficient (Wildman–Crippen LogP) is 1.37. The second-order valence-electron chi connectivity index (χ2n) is 0.528. The zero-order valence-corrected chi connectivity index (χ0v) is 4.81. The summed E-state index contributed by atoms with van der Waals surface area (Å²) in [6.07, 6.45) is 1.56. The molecule has 0 amide bonds. The van der Waals surface area contributed by atoms with Crippen LogP contribution in [0.3, 0.4) is 0 Å². The van der Waals surface area contributed by atoms with Crippen molar-refractivity contribution in [1.29, 1.82) is 0 Å². The third kappa shape index (κ3) is 4.43. The Morgan fingerprint density at radius 2 is 2.40 bits per heavy atom. The molecule has 0 spiro atoms. The number of rotatable bonds is 1. The molecule has 0 aromatic carbocycles. The van der Waals surface area contributed by atoms with Gasteiger partial charge in [0, 0.05) is 0 Å². The summed E-state index contributed by atoms with van der Waals surface area (Å²) in [6.45, 7) is -0.0943. The van der Waals surface area contributed by atoms with Crippen molar-refractivity contribution in [1.82, 2.24) is 0 Å². The second-order valence-corrected chi connectivity index (χ2v) is 1.25. The third-order valence-corrected chi connectivity index (χ3v) is 0.694. The zero-order chi connectivity index (χ0) is 4.12. The van der Waals surface area contributed by atoms with Crippen LogP contribution in [-0.2, 0) is 5.11 Å². The maximum Gasteiger partial charge on any atom is 0.101 e. The van der Waals surface area contributed by atoms with E-state index in [2.05, 4.69) is 0 Å². The first-order valence-corrected chi connectivity index (χ1v) is 2.49. The van der Waals surface area contributed by atoms with Gasteiger partial charge >= 0.3 is 0 Å². The highest BCUT2D eigenvalue weighted by Crippen LogP contribution is 1.79. The van der Waals surface area contributed by atoms with Crippen LogP contribution in [0.15, 0.2) is 10.2 Å². The first-order chi connectivity index (χ1) is 2.41. The van der Waals surface area contributed by atoms with Crippen molar-refractivity contribution in [2.24, 2.45) is 0 Å². The van der Waals surface area contributed by atoms with Gasteiger partial charge in [0.05, 0.1) is 0 Å². The molecule has 0 atom stereocenters. The Kier molecular flexibility index (Phi) is 4.81. The van der Waals surface area contributed by atoms with Crippen LogP contribution in [0.5, 0.6) is 0 Å². The molecule has 0 heterocycles. The lowest BCUT2D eigenvalue weighted by atomic mass is 10.7. The molecule has 0 rings (SSSR count).